The van der Waals surface area contributed by atoms with Crippen molar-refractivity contribution in [3.63, 3.8) is 0 Å². The quantitative estimate of drug-likeness (QED) is 0.228. The molecule has 0 unspecified atom stereocenters. The van der Waals surface area contributed by atoms with E-state index in [1.54, 1.807) is 0 Å². The average molecular weight is 476 g/mol. The number of hydrogen-bond donors (Lipinski definition) is 2. The lowest BCUT2D eigenvalue weighted by Crippen LogP contribution is -2.42. The summed E-state index contributed by atoms with van der Waals surface area (Å²) in [6.45, 7) is 0.714. The first-order valence-electron chi connectivity index (χ1n) is 10.5. The zero-order valence-corrected chi connectivity index (χ0v) is 18.8. The molecule has 4 rings (SSSR count). The van der Waals surface area contributed by atoms with E-state index < -0.39 is 16.7 Å². The second-order valence-electron chi connectivity index (χ2n) is 7.37. The molecular formula is C24H21N5O4S. The maximum absolute atomic E-state index is 12.3. The zero-order chi connectivity index (χ0) is 23.9. The summed E-state index contributed by atoms with van der Waals surface area (Å²) in [5.41, 5.74) is 7.83. The number of aromatic nitrogens is 2. The van der Waals surface area contributed by atoms with Crippen molar-refractivity contribution in [1.82, 2.24) is 20.4 Å². The Balaban J connectivity index is 1.36. The van der Waals surface area contributed by atoms with Crippen molar-refractivity contribution >= 4 is 40.3 Å². The van der Waals surface area contributed by atoms with Crippen LogP contribution >= 0.6 is 11.8 Å². The predicted octanol–water partition coefficient (Wildman–Crippen LogP) is 3.74. The molecule has 34 heavy (non-hydrogen) atoms. The fourth-order valence-electron chi connectivity index (χ4n) is 3.36. The SMILES string of the molecule is O=C(CSc1nc2ccccc2n1CCc1ccccc1)NNC(=O)c1ccc([N+](=O)[O-])cc1. The number of nitro groups is 1. The Morgan fingerprint density at radius 2 is 1.65 bits per heavy atom. The molecule has 2 N–H and O–H groups in total. The van der Waals surface area contributed by atoms with Crippen molar-refractivity contribution in [1.29, 1.82) is 0 Å². The molecular weight excluding hydrogens is 454 g/mol. The van der Waals surface area contributed by atoms with Crippen LogP contribution in [0.25, 0.3) is 11.0 Å². The lowest BCUT2D eigenvalue weighted by atomic mass is 10.1. The fourth-order valence-corrected chi connectivity index (χ4v) is 4.21. The molecule has 0 saturated carbocycles. The number of benzene rings is 3. The van der Waals surface area contributed by atoms with Crippen LogP contribution in [0.4, 0.5) is 5.69 Å². The maximum Gasteiger partial charge on any atom is 0.269 e. The largest absolute Gasteiger partial charge is 0.319 e. The lowest BCUT2D eigenvalue weighted by molar-refractivity contribution is -0.384. The predicted molar refractivity (Wildman–Crippen MR) is 129 cm³/mol. The van der Waals surface area contributed by atoms with Crippen molar-refractivity contribution < 1.29 is 14.5 Å². The number of nitrogens with zero attached hydrogens (tertiary/aromatic N) is 3. The smallest absolute Gasteiger partial charge is 0.269 e. The van der Waals surface area contributed by atoms with Crippen LogP contribution in [0.3, 0.4) is 0 Å². The van der Waals surface area contributed by atoms with Crippen LogP contribution in [-0.4, -0.2) is 32.0 Å². The van der Waals surface area contributed by atoms with Gasteiger partial charge in [-0.3, -0.25) is 30.6 Å². The van der Waals surface area contributed by atoms with Crippen LogP contribution in [0.15, 0.2) is 84.0 Å². The van der Waals surface area contributed by atoms with Gasteiger partial charge in [-0.1, -0.05) is 54.2 Å². The summed E-state index contributed by atoms with van der Waals surface area (Å²) in [6.07, 6.45) is 0.826. The highest BCUT2D eigenvalue weighted by molar-refractivity contribution is 7.99. The van der Waals surface area contributed by atoms with Gasteiger partial charge >= 0.3 is 0 Å². The molecule has 1 heterocycles. The van der Waals surface area contributed by atoms with E-state index in [1.165, 1.54) is 41.6 Å². The Bertz CT molecular complexity index is 1320. The number of non-ortho nitro benzene ring substituents is 1. The molecule has 0 aliphatic rings. The molecule has 3 aromatic carbocycles. The number of fused-ring (bicyclic) bond motifs is 1. The molecule has 9 nitrogen and oxygen atoms in total. The van der Waals surface area contributed by atoms with E-state index in [1.807, 2.05) is 42.5 Å². The first kappa shape index (κ1) is 23.0. The summed E-state index contributed by atoms with van der Waals surface area (Å²) >= 11 is 1.28. The Kier molecular flexibility index (Phi) is 7.19. The molecule has 0 bridgehead atoms. The monoisotopic (exact) mass is 475 g/mol. The minimum absolute atomic E-state index is 0.0508. The number of aryl methyl sites for hydroxylation is 2. The molecule has 10 heteroatoms. The summed E-state index contributed by atoms with van der Waals surface area (Å²) < 4.78 is 2.09. The van der Waals surface area contributed by atoms with Gasteiger partial charge in [-0.25, -0.2) is 4.98 Å². The van der Waals surface area contributed by atoms with Gasteiger partial charge in [0.2, 0.25) is 5.91 Å². The Labute approximate surface area is 199 Å². The van der Waals surface area contributed by atoms with Gasteiger partial charge in [0.15, 0.2) is 5.16 Å². The summed E-state index contributed by atoms with van der Waals surface area (Å²) in [7, 11) is 0. The molecule has 0 spiro atoms. The van der Waals surface area contributed by atoms with Gasteiger partial charge in [0.1, 0.15) is 0 Å². The molecule has 1 aromatic heterocycles. The van der Waals surface area contributed by atoms with E-state index in [-0.39, 0.29) is 17.0 Å². The second kappa shape index (κ2) is 10.6. The van der Waals surface area contributed by atoms with E-state index >= 15 is 0 Å². The van der Waals surface area contributed by atoms with Gasteiger partial charge in [0, 0.05) is 24.2 Å². The minimum Gasteiger partial charge on any atom is -0.319 e. The lowest BCUT2D eigenvalue weighted by Gasteiger charge is -2.10. The molecule has 0 saturated heterocycles. The first-order chi connectivity index (χ1) is 16.5. The van der Waals surface area contributed by atoms with E-state index in [4.69, 9.17) is 0 Å². The highest BCUT2D eigenvalue weighted by atomic mass is 32.2. The Hall–Kier alpha value is -4.18. The Morgan fingerprint density at radius 1 is 0.941 bits per heavy atom. The molecule has 0 atom stereocenters. The molecule has 0 radical (unpaired) electrons. The number of carbonyl (C=O) groups excluding carboxylic acids is 2. The van der Waals surface area contributed by atoms with Crippen molar-refractivity contribution in [2.75, 3.05) is 5.75 Å². The molecule has 2 amide bonds. The van der Waals surface area contributed by atoms with Crippen molar-refractivity contribution in [2.24, 2.45) is 0 Å². The van der Waals surface area contributed by atoms with Gasteiger partial charge in [0.25, 0.3) is 11.6 Å². The number of para-hydroxylation sites is 2. The summed E-state index contributed by atoms with van der Waals surface area (Å²) in [5.74, 6) is -0.917. The van der Waals surface area contributed by atoms with Crippen LogP contribution in [-0.2, 0) is 17.8 Å². The van der Waals surface area contributed by atoms with Crippen molar-refractivity contribution in [3.05, 3.63) is 100 Å². The zero-order valence-electron chi connectivity index (χ0n) is 18.0. The standard InChI is InChI=1S/C24H21N5O4S/c30-22(26-27-23(31)18-10-12-19(13-11-18)29(32)33)16-34-24-25-20-8-4-5-9-21(20)28(24)15-14-17-6-2-1-3-7-17/h1-13H,14-16H2,(H,26,30)(H,27,31). The van der Waals surface area contributed by atoms with Gasteiger partial charge in [-0.2, -0.15) is 0 Å². The summed E-state index contributed by atoms with van der Waals surface area (Å²) in [5, 5.41) is 11.4. The maximum atomic E-state index is 12.3. The summed E-state index contributed by atoms with van der Waals surface area (Å²) in [6, 6.07) is 23.1. The van der Waals surface area contributed by atoms with E-state index in [2.05, 4.69) is 32.5 Å². The van der Waals surface area contributed by atoms with Crippen LogP contribution in [0.2, 0.25) is 0 Å². The number of hydrazine groups is 1. The third-order valence-corrected chi connectivity index (χ3v) is 6.05. The minimum atomic E-state index is -0.566. The molecule has 172 valence electrons. The number of carbonyl (C=O) groups is 2. The molecule has 0 aliphatic heterocycles. The molecule has 0 fully saturated rings. The number of amides is 2. The first-order valence-corrected chi connectivity index (χ1v) is 11.5. The number of imidazole rings is 1. The highest BCUT2D eigenvalue weighted by Gasteiger charge is 2.14. The second-order valence-corrected chi connectivity index (χ2v) is 8.31. The van der Waals surface area contributed by atoms with E-state index in [9.17, 15) is 19.7 Å². The summed E-state index contributed by atoms with van der Waals surface area (Å²) in [4.78, 5) is 39.3. The van der Waals surface area contributed by atoms with E-state index in [0.717, 1.165) is 17.5 Å². The van der Waals surface area contributed by atoms with E-state index in [0.29, 0.717) is 11.7 Å². The molecule has 4 aromatic rings. The topological polar surface area (TPSA) is 119 Å². The highest BCUT2D eigenvalue weighted by Crippen LogP contribution is 2.24. The number of nitrogens with one attached hydrogen (secondary N) is 2. The van der Waals surface area contributed by atoms with Crippen LogP contribution in [0, 0.1) is 10.1 Å². The van der Waals surface area contributed by atoms with Crippen LogP contribution < -0.4 is 10.9 Å². The van der Waals surface area contributed by atoms with Crippen molar-refractivity contribution in [2.45, 2.75) is 18.1 Å². The number of hydrogen-bond acceptors (Lipinski definition) is 6. The average Bonchev–Trinajstić information content (AvgIpc) is 3.22. The normalized spacial score (nSPS) is 10.7. The van der Waals surface area contributed by atoms with Crippen molar-refractivity contribution in [3.8, 4) is 0 Å². The number of thioether (sulfide) groups is 1. The number of rotatable bonds is 8. The Morgan fingerprint density at radius 3 is 2.38 bits per heavy atom. The van der Waals surface area contributed by atoms with Crippen LogP contribution in [0.5, 0.6) is 0 Å². The fraction of sp³-hybridized carbons (Fsp3) is 0.125. The third-order valence-electron chi connectivity index (χ3n) is 5.07. The third kappa shape index (κ3) is 5.59. The number of nitro benzene ring substituents is 1. The van der Waals surface area contributed by atoms with Gasteiger partial charge in [0.05, 0.1) is 21.7 Å². The van der Waals surface area contributed by atoms with Gasteiger partial charge in [-0.15, -0.1) is 0 Å². The molecule has 0 aliphatic carbocycles. The van der Waals surface area contributed by atoms with Gasteiger partial charge in [-0.05, 0) is 36.2 Å². The van der Waals surface area contributed by atoms with Gasteiger partial charge < -0.3 is 4.57 Å². The van der Waals surface area contributed by atoms with Crippen LogP contribution in [0.1, 0.15) is 15.9 Å².